The molecule has 1 saturated heterocycles. The maximum atomic E-state index is 12.8. The molecule has 2 heterocycles. The summed E-state index contributed by atoms with van der Waals surface area (Å²) in [6, 6.07) is 7.81. The van der Waals surface area contributed by atoms with Crippen LogP contribution < -0.4 is 0 Å². The van der Waals surface area contributed by atoms with Gasteiger partial charge in [-0.2, -0.15) is 0 Å². The highest BCUT2D eigenvalue weighted by molar-refractivity contribution is 6.10. The van der Waals surface area contributed by atoms with E-state index in [1.54, 1.807) is 0 Å². The zero-order valence-corrected chi connectivity index (χ0v) is 12.8. The summed E-state index contributed by atoms with van der Waals surface area (Å²) >= 11 is 0. The molecule has 2 aromatic rings. The molecule has 3 rings (SSSR count). The topological polar surface area (TPSA) is 45.3 Å². The summed E-state index contributed by atoms with van der Waals surface area (Å²) < 4.78 is 5.75. The maximum absolute atomic E-state index is 12.8. The normalized spacial score (nSPS) is 25.1. The third-order valence-corrected chi connectivity index (χ3v) is 4.23. The summed E-state index contributed by atoms with van der Waals surface area (Å²) in [5.41, 5.74) is 1.79. The minimum absolute atomic E-state index is 0.127. The van der Waals surface area contributed by atoms with Crippen molar-refractivity contribution in [3.05, 3.63) is 36.0 Å². The van der Waals surface area contributed by atoms with Crippen molar-refractivity contribution in [3.8, 4) is 0 Å². The van der Waals surface area contributed by atoms with Crippen LogP contribution in [0.25, 0.3) is 10.9 Å². The Hall–Kier alpha value is -1.65. The van der Waals surface area contributed by atoms with E-state index < -0.39 is 0 Å². The molecule has 0 spiro atoms. The molecule has 0 aliphatic carbocycles. The van der Waals surface area contributed by atoms with Crippen LogP contribution in [0.2, 0.25) is 0 Å². The first kappa shape index (κ1) is 14.3. The Morgan fingerprint density at radius 3 is 2.67 bits per heavy atom. The number of morpholine rings is 1. The van der Waals surface area contributed by atoms with E-state index in [1.165, 1.54) is 0 Å². The Morgan fingerprint density at radius 1 is 1.29 bits per heavy atom. The minimum atomic E-state index is -0.127. The van der Waals surface area contributed by atoms with E-state index in [-0.39, 0.29) is 24.0 Å². The number of H-pyrrole nitrogens is 1. The summed E-state index contributed by atoms with van der Waals surface area (Å²) in [7, 11) is 0. The predicted octanol–water partition coefficient (Wildman–Crippen LogP) is 2.85. The van der Waals surface area contributed by atoms with Crippen LogP contribution in [0.15, 0.2) is 30.5 Å². The Kier molecular flexibility index (Phi) is 3.83. The van der Waals surface area contributed by atoms with Crippen molar-refractivity contribution in [1.29, 1.82) is 0 Å². The lowest BCUT2D eigenvalue weighted by Crippen LogP contribution is -2.51. The van der Waals surface area contributed by atoms with Gasteiger partial charge in [-0.1, -0.05) is 18.2 Å². The van der Waals surface area contributed by atoms with E-state index in [0.717, 1.165) is 29.6 Å². The number of aromatic nitrogens is 1. The van der Waals surface area contributed by atoms with Gasteiger partial charge < -0.3 is 9.72 Å². The van der Waals surface area contributed by atoms with Gasteiger partial charge in [0.1, 0.15) is 0 Å². The average Bonchev–Trinajstić information content (AvgIpc) is 2.88. The highest BCUT2D eigenvalue weighted by atomic mass is 16.5. The number of fused-ring (bicyclic) bond motifs is 1. The quantitative estimate of drug-likeness (QED) is 0.883. The summed E-state index contributed by atoms with van der Waals surface area (Å²) in [5, 5.41) is 1.00. The van der Waals surface area contributed by atoms with Crippen LogP contribution in [0.5, 0.6) is 0 Å². The fourth-order valence-corrected chi connectivity index (χ4v) is 3.20. The van der Waals surface area contributed by atoms with Crippen LogP contribution in [0, 0.1) is 0 Å². The lowest BCUT2D eigenvalue weighted by atomic mass is 10.0. The highest BCUT2D eigenvalue weighted by Crippen LogP contribution is 2.22. The van der Waals surface area contributed by atoms with E-state index in [1.807, 2.05) is 37.4 Å². The molecule has 21 heavy (non-hydrogen) atoms. The van der Waals surface area contributed by atoms with Crippen LogP contribution in [-0.4, -0.2) is 47.0 Å². The fourth-order valence-electron chi connectivity index (χ4n) is 3.20. The van der Waals surface area contributed by atoms with Crippen molar-refractivity contribution in [1.82, 2.24) is 9.88 Å². The highest BCUT2D eigenvalue weighted by Gasteiger charge is 2.30. The van der Waals surface area contributed by atoms with E-state index in [0.29, 0.717) is 0 Å². The number of para-hydroxylation sites is 1. The van der Waals surface area contributed by atoms with Gasteiger partial charge in [0.25, 0.3) is 0 Å². The zero-order chi connectivity index (χ0) is 15.0. The predicted molar refractivity (Wildman–Crippen MR) is 83.7 cm³/mol. The lowest BCUT2D eigenvalue weighted by Gasteiger charge is -2.38. The summed E-state index contributed by atoms with van der Waals surface area (Å²) in [6.07, 6.45) is 2.18. The standard InChI is InChI=1S/C17H22N2O2/c1-11-9-19(10-12(2)21-11)13(3)17(20)15-8-18-16-7-5-4-6-14(15)16/h4-8,11-13,18H,9-10H2,1-3H3. The number of hydrogen-bond donors (Lipinski definition) is 1. The van der Waals surface area contributed by atoms with Crippen LogP contribution in [0.1, 0.15) is 31.1 Å². The molecule has 1 aliphatic rings. The minimum Gasteiger partial charge on any atom is -0.373 e. The van der Waals surface area contributed by atoms with E-state index >= 15 is 0 Å². The molecular formula is C17H22N2O2. The van der Waals surface area contributed by atoms with E-state index in [2.05, 4.69) is 23.7 Å². The van der Waals surface area contributed by atoms with Gasteiger partial charge in [0.15, 0.2) is 5.78 Å². The van der Waals surface area contributed by atoms with Gasteiger partial charge in [0.2, 0.25) is 0 Å². The molecule has 0 radical (unpaired) electrons. The molecule has 0 bridgehead atoms. The SMILES string of the molecule is CC1CN(C(C)C(=O)c2c[nH]c3ccccc23)CC(C)O1. The van der Waals surface area contributed by atoms with Crippen LogP contribution in [0.3, 0.4) is 0 Å². The molecule has 4 heteroatoms. The number of hydrogen-bond acceptors (Lipinski definition) is 3. The first-order valence-corrected chi connectivity index (χ1v) is 7.56. The average molecular weight is 286 g/mol. The first-order valence-electron chi connectivity index (χ1n) is 7.56. The molecular weight excluding hydrogens is 264 g/mol. The summed E-state index contributed by atoms with van der Waals surface area (Å²) in [6.45, 7) is 7.73. The third kappa shape index (κ3) is 2.74. The van der Waals surface area contributed by atoms with Crippen LogP contribution in [0.4, 0.5) is 0 Å². The van der Waals surface area contributed by atoms with Gasteiger partial charge in [-0.15, -0.1) is 0 Å². The second-order valence-electron chi connectivity index (χ2n) is 6.00. The van der Waals surface area contributed by atoms with Gasteiger partial charge in [0.05, 0.1) is 18.2 Å². The number of ketones is 1. The van der Waals surface area contributed by atoms with Crippen molar-refractivity contribution in [2.45, 2.75) is 39.0 Å². The first-order chi connectivity index (χ1) is 10.1. The van der Waals surface area contributed by atoms with Crippen molar-refractivity contribution in [3.63, 3.8) is 0 Å². The molecule has 0 amide bonds. The van der Waals surface area contributed by atoms with Crippen LogP contribution >= 0.6 is 0 Å². The molecule has 1 fully saturated rings. The number of Topliss-reactive ketones (excluding diaryl/α,β-unsaturated/α-hetero) is 1. The van der Waals surface area contributed by atoms with Crippen molar-refractivity contribution >= 4 is 16.7 Å². The Labute approximate surface area is 125 Å². The van der Waals surface area contributed by atoms with Crippen molar-refractivity contribution < 1.29 is 9.53 Å². The monoisotopic (exact) mass is 286 g/mol. The molecule has 3 atom stereocenters. The fraction of sp³-hybridized carbons (Fsp3) is 0.471. The molecule has 1 aromatic carbocycles. The molecule has 0 saturated carbocycles. The Bertz CT molecular complexity index is 639. The second kappa shape index (κ2) is 5.62. The molecule has 3 unspecified atom stereocenters. The molecule has 112 valence electrons. The number of rotatable bonds is 3. The second-order valence-corrected chi connectivity index (χ2v) is 6.00. The van der Waals surface area contributed by atoms with Gasteiger partial charge >= 0.3 is 0 Å². The number of nitrogens with one attached hydrogen (secondary N) is 1. The third-order valence-electron chi connectivity index (χ3n) is 4.23. The summed E-state index contributed by atoms with van der Waals surface area (Å²) in [4.78, 5) is 18.2. The molecule has 1 aliphatic heterocycles. The van der Waals surface area contributed by atoms with E-state index in [9.17, 15) is 4.79 Å². The molecule has 1 aromatic heterocycles. The number of benzene rings is 1. The number of nitrogens with zero attached hydrogens (tertiary/aromatic N) is 1. The van der Waals surface area contributed by atoms with Gasteiger partial charge in [-0.05, 0) is 26.8 Å². The zero-order valence-electron chi connectivity index (χ0n) is 12.8. The van der Waals surface area contributed by atoms with E-state index in [4.69, 9.17) is 4.74 Å². The van der Waals surface area contributed by atoms with Gasteiger partial charge in [-0.3, -0.25) is 9.69 Å². The van der Waals surface area contributed by atoms with Gasteiger partial charge in [0, 0.05) is 35.8 Å². The summed E-state index contributed by atoms with van der Waals surface area (Å²) in [5.74, 6) is 0.175. The van der Waals surface area contributed by atoms with Crippen molar-refractivity contribution in [2.24, 2.45) is 0 Å². The molecule has 4 nitrogen and oxygen atoms in total. The Morgan fingerprint density at radius 2 is 1.95 bits per heavy atom. The lowest BCUT2D eigenvalue weighted by molar-refractivity contribution is -0.0744. The number of carbonyl (C=O) groups excluding carboxylic acids is 1. The van der Waals surface area contributed by atoms with Crippen LogP contribution in [-0.2, 0) is 4.74 Å². The molecule has 1 N–H and O–H groups in total. The maximum Gasteiger partial charge on any atom is 0.181 e. The van der Waals surface area contributed by atoms with Crippen molar-refractivity contribution in [2.75, 3.05) is 13.1 Å². The van der Waals surface area contributed by atoms with Gasteiger partial charge in [-0.25, -0.2) is 0 Å². The number of aromatic amines is 1. The number of ether oxygens (including phenoxy) is 1. The largest absolute Gasteiger partial charge is 0.373 e. The smallest absolute Gasteiger partial charge is 0.181 e. The number of carbonyl (C=O) groups is 1. The Balaban J connectivity index is 1.84.